The zero-order chi connectivity index (χ0) is 12.5. The molecule has 0 aromatic carbocycles. The molecular formula is C14H24N2O. The van der Waals surface area contributed by atoms with Gasteiger partial charge in [-0.25, -0.2) is 0 Å². The topological polar surface area (TPSA) is 45.0 Å². The Labute approximate surface area is 105 Å². The molecule has 0 saturated heterocycles. The summed E-state index contributed by atoms with van der Waals surface area (Å²) < 4.78 is 6.12. The molecule has 0 bridgehead atoms. The molecule has 1 N–H and O–H groups in total. The number of hydrogen-bond acceptors (Lipinski definition) is 3. The number of nitrogens with one attached hydrogen (secondary N) is 1. The number of hydrogen-bond donors (Lipinski definition) is 1. The van der Waals surface area contributed by atoms with E-state index in [1.807, 2.05) is 0 Å². The molecule has 0 aliphatic heterocycles. The van der Waals surface area contributed by atoms with Crippen LogP contribution >= 0.6 is 0 Å². The van der Waals surface area contributed by atoms with Crippen LogP contribution in [-0.2, 0) is 4.74 Å². The van der Waals surface area contributed by atoms with Gasteiger partial charge in [-0.2, -0.15) is 5.26 Å². The standard InChI is InChI=1S/C14H24N2O/c1-4-13(2,3)17-12-7-8-14(9-12,10-15)16-11-5-6-11/h11-12,16H,4-9H2,1-3H3. The van der Waals surface area contributed by atoms with Gasteiger partial charge in [0.1, 0.15) is 5.54 Å². The first kappa shape index (κ1) is 12.9. The summed E-state index contributed by atoms with van der Waals surface area (Å²) in [6.45, 7) is 6.41. The van der Waals surface area contributed by atoms with Crippen molar-refractivity contribution >= 4 is 0 Å². The highest BCUT2D eigenvalue weighted by atomic mass is 16.5. The Morgan fingerprint density at radius 2 is 2.12 bits per heavy atom. The molecule has 0 aromatic heterocycles. The third-order valence-corrected chi connectivity index (χ3v) is 4.08. The Kier molecular flexibility index (Phi) is 3.47. The van der Waals surface area contributed by atoms with Gasteiger partial charge in [0.25, 0.3) is 0 Å². The summed E-state index contributed by atoms with van der Waals surface area (Å²) >= 11 is 0. The average Bonchev–Trinajstić information content (AvgIpc) is 3.00. The molecule has 2 fully saturated rings. The molecule has 3 nitrogen and oxygen atoms in total. The van der Waals surface area contributed by atoms with Gasteiger partial charge in [-0.15, -0.1) is 0 Å². The van der Waals surface area contributed by atoms with E-state index >= 15 is 0 Å². The summed E-state index contributed by atoms with van der Waals surface area (Å²) in [5.74, 6) is 0. The lowest BCUT2D eigenvalue weighted by Crippen LogP contribution is -2.44. The Morgan fingerprint density at radius 1 is 1.41 bits per heavy atom. The van der Waals surface area contributed by atoms with Crippen LogP contribution in [0.3, 0.4) is 0 Å². The van der Waals surface area contributed by atoms with Crippen LogP contribution in [0.5, 0.6) is 0 Å². The summed E-state index contributed by atoms with van der Waals surface area (Å²) in [6.07, 6.45) is 6.52. The Bertz CT molecular complexity index is 317. The maximum atomic E-state index is 9.40. The van der Waals surface area contributed by atoms with E-state index in [2.05, 4.69) is 32.2 Å². The number of nitriles is 1. The van der Waals surface area contributed by atoms with E-state index in [1.54, 1.807) is 0 Å². The first-order chi connectivity index (χ1) is 7.99. The molecule has 3 heteroatoms. The van der Waals surface area contributed by atoms with E-state index < -0.39 is 0 Å². The van der Waals surface area contributed by atoms with Crippen LogP contribution in [0.25, 0.3) is 0 Å². The maximum Gasteiger partial charge on any atom is 0.109 e. The van der Waals surface area contributed by atoms with Gasteiger partial charge in [0.05, 0.1) is 17.8 Å². The number of rotatable bonds is 5. The second-order valence-corrected chi connectivity index (χ2v) is 6.21. The molecule has 2 aliphatic carbocycles. The number of ether oxygens (including phenoxy) is 1. The molecule has 0 spiro atoms. The van der Waals surface area contributed by atoms with Crippen LogP contribution in [0, 0.1) is 11.3 Å². The van der Waals surface area contributed by atoms with Crippen molar-refractivity contribution in [3.05, 3.63) is 0 Å². The minimum absolute atomic E-state index is 0.0597. The van der Waals surface area contributed by atoms with E-state index in [9.17, 15) is 5.26 Å². The van der Waals surface area contributed by atoms with E-state index in [1.165, 1.54) is 12.8 Å². The van der Waals surface area contributed by atoms with Crippen LogP contribution in [0.15, 0.2) is 0 Å². The van der Waals surface area contributed by atoms with Gasteiger partial charge in [-0.3, -0.25) is 5.32 Å². The van der Waals surface area contributed by atoms with Gasteiger partial charge in [0.15, 0.2) is 0 Å². The van der Waals surface area contributed by atoms with Crippen LogP contribution in [0.2, 0.25) is 0 Å². The molecule has 0 heterocycles. The second kappa shape index (κ2) is 4.59. The van der Waals surface area contributed by atoms with Gasteiger partial charge in [0.2, 0.25) is 0 Å². The summed E-state index contributed by atoms with van der Waals surface area (Å²) in [4.78, 5) is 0. The van der Waals surface area contributed by atoms with E-state index in [4.69, 9.17) is 4.74 Å². The predicted octanol–water partition coefficient (Wildman–Crippen LogP) is 2.76. The smallest absolute Gasteiger partial charge is 0.109 e. The highest BCUT2D eigenvalue weighted by Gasteiger charge is 2.44. The van der Waals surface area contributed by atoms with Gasteiger partial charge >= 0.3 is 0 Å². The fourth-order valence-corrected chi connectivity index (χ4v) is 2.52. The van der Waals surface area contributed by atoms with Crippen molar-refractivity contribution < 1.29 is 4.74 Å². The molecule has 2 aliphatic rings. The van der Waals surface area contributed by atoms with Crippen molar-refractivity contribution in [1.29, 1.82) is 5.26 Å². The lowest BCUT2D eigenvalue weighted by molar-refractivity contribution is -0.0715. The lowest BCUT2D eigenvalue weighted by atomic mass is 9.99. The van der Waals surface area contributed by atoms with Crippen LogP contribution in [0.4, 0.5) is 0 Å². The van der Waals surface area contributed by atoms with E-state index in [0.717, 1.165) is 25.7 Å². The molecule has 2 saturated carbocycles. The first-order valence-electron chi connectivity index (χ1n) is 6.85. The fraction of sp³-hybridized carbons (Fsp3) is 0.929. The van der Waals surface area contributed by atoms with Crippen molar-refractivity contribution in [2.75, 3.05) is 0 Å². The van der Waals surface area contributed by atoms with E-state index in [0.29, 0.717) is 6.04 Å². The van der Waals surface area contributed by atoms with Crippen LogP contribution in [0.1, 0.15) is 59.3 Å². The highest BCUT2D eigenvalue weighted by molar-refractivity contribution is 5.14. The largest absolute Gasteiger partial charge is 0.372 e. The van der Waals surface area contributed by atoms with Crippen molar-refractivity contribution in [1.82, 2.24) is 5.32 Å². The summed E-state index contributed by atoms with van der Waals surface area (Å²) in [7, 11) is 0. The van der Waals surface area contributed by atoms with Gasteiger partial charge < -0.3 is 4.74 Å². The summed E-state index contributed by atoms with van der Waals surface area (Å²) in [6, 6.07) is 3.08. The van der Waals surface area contributed by atoms with Gasteiger partial charge in [-0.05, 0) is 46.0 Å². The molecule has 17 heavy (non-hydrogen) atoms. The van der Waals surface area contributed by atoms with Crippen LogP contribution < -0.4 is 5.32 Å². The minimum Gasteiger partial charge on any atom is -0.372 e. The minimum atomic E-state index is -0.310. The number of nitrogens with zero attached hydrogens (tertiary/aromatic N) is 1. The zero-order valence-corrected chi connectivity index (χ0v) is 11.3. The molecular weight excluding hydrogens is 212 g/mol. The Hall–Kier alpha value is -0.590. The zero-order valence-electron chi connectivity index (χ0n) is 11.3. The van der Waals surface area contributed by atoms with Gasteiger partial charge in [0, 0.05) is 12.5 Å². The fourth-order valence-electron chi connectivity index (χ4n) is 2.52. The summed E-state index contributed by atoms with van der Waals surface area (Å²) in [5.41, 5.74) is -0.370. The highest BCUT2D eigenvalue weighted by Crippen LogP contribution is 2.36. The third-order valence-electron chi connectivity index (χ3n) is 4.08. The summed E-state index contributed by atoms with van der Waals surface area (Å²) in [5, 5.41) is 12.9. The van der Waals surface area contributed by atoms with Crippen molar-refractivity contribution in [2.24, 2.45) is 0 Å². The molecule has 0 aromatic rings. The molecule has 0 amide bonds. The molecule has 2 unspecified atom stereocenters. The van der Waals surface area contributed by atoms with Crippen LogP contribution in [-0.4, -0.2) is 23.3 Å². The predicted molar refractivity (Wildman–Crippen MR) is 67.6 cm³/mol. The second-order valence-electron chi connectivity index (χ2n) is 6.21. The van der Waals surface area contributed by atoms with Crippen molar-refractivity contribution in [2.45, 2.75) is 82.6 Å². The third kappa shape index (κ3) is 3.20. The Morgan fingerprint density at radius 3 is 2.65 bits per heavy atom. The van der Waals surface area contributed by atoms with Crippen molar-refractivity contribution in [3.63, 3.8) is 0 Å². The quantitative estimate of drug-likeness (QED) is 0.798. The maximum absolute atomic E-state index is 9.40. The average molecular weight is 236 g/mol. The lowest BCUT2D eigenvalue weighted by Gasteiger charge is -2.29. The molecule has 2 atom stereocenters. The molecule has 2 rings (SSSR count). The Balaban J connectivity index is 1.91. The van der Waals surface area contributed by atoms with Gasteiger partial charge in [-0.1, -0.05) is 6.92 Å². The molecule has 96 valence electrons. The SMILES string of the molecule is CCC(C)(C)OC1CCC(C#N)(NC2CC2)C1. The normalized spacial score (nSPS) is 33.6. The van der Waals surface area contributed by atoms with Crippen molar-refractivity contribution in [3.8, 4) is 6.07 Å². The molecule has 0 radical (unpaired) electrons. The monoisotopic (exact) mass is 236 g/mol. The first-order valence-corrected chi connectivity index (χ1v) is 6.85. The van der Waals surface area contributed by atoms with E-state index in [-0.39, 0.29) is 17.2 Å².